The molecule has 184 valence electrons. The molecule has 0 bridgehead atoms. The fourth-order valence-corrected chi connectivity index (χ4v) is 6.30. The highest BCUT2D eigenvalue weighted by molar-refractivity contribution is 7.56. The molecule has 1 aliphatic heterocycles. The number of nitrogens with zero attached hydrogens (tertiary/aromatic N) is 1. The first-order valence-corrected chi connectivity index (χ1v) is 13.7. The van der Waals surface area contributed by atoms with Crippen molar-refractivity contribution in [2.75, 3.05) is 9.99 Å². The van der Waals surface area contributed by atoms with Gasteiger partial charge in [0.15, 0.2) is 0 Å². The van der Waals surface area contributed by atoms with Crippen LogP contribution in [0.2, 0.25) is 5.02 Å². The van der Waals surface area contributed by atoms with Crippen LogP contribution in [0.5, 0.6) is 11.5 Å². The summed E-state index contributed by atoms with van der Waals surface area (Å²) in [6.07, 6.45) is 0. The molecule has 1 aliphatic rings. The number of nitrogens with one attached hydrogen (secondary N) is 1. The van der Waals surface area contributed by atoms with E-state index in [2.05, 4.69) is 11.4 Å². The number of anilines is 2. The van der Waals surface area contributed by atoms with Crippen LogP contribution >= 0.6 is 19.3 Å². The third kappa shape index (κ3) is 5.23. The molecule has 4 aromatic rings. The standard InChI is InChI=1S/C29H28ClN2O3P/c1-20-6-4-9-27(16-20)32-19-24-15-22(3)11-13-29(24)35-36(32,33)34-28-12-10-21(2)14-23(28)18-31-26-8-5-7-25(30)17-26/h4-17,31H,18-19H2,1-3H3. The van der Waals surface area contributed by atoms with E-state index in [9.17, 15) is 4.57 Å². The zero-order chi connectivity index (χ0) is 25.3. The van der Waals surface area contributed by atoms with Gasteiger partial charge in [-0.05, 0) is 68.8 Å². The second-order valence-electron chi connectivity index (χ2n) is 9.13. The number of aryl methyl sites for hydroxylation is 3. The molecule has 5 rings (SSSR count). The number of halogens is 1. The molecular formula is C29H28ClN2O3P. The van der Waals surface area contributed by atoms with Gasteiger partial charge in [-0.25, -0.2) is 4.57 Å². The molecule has 1 unspecified atom stereocenters. The average Bonchev–Trinajstić information content (AvgIpc) is 2.84. The van der Waals surface area contributed by atoms with Crippen molar-refractivity contribution in [1.82, 2.24) is 0 Å². The molecule has 1 atom stereocenters. The Kier molecular flexibility index (Phi) is 6.70. The van der Waals surface area contributed by atoms with E-state index in [0.29, 0.717) is 29.6 Å². The summed E-state index contributed by atoms with van der Waals surface area (Å²) in [6, 6.07) is 27.1. The quantitative estimate of drug-likeness (QED) is 0.259. The topological polar surface area (TPSA) is 50.8 Å². The molecule has 0 saturated heterocycles. The van der Waals surface area contributed by atoms with Gasteiger partial charge >= 0.3 is 7.75 Å². The van der Waals surface area contributed by atoms with Crippen LogP contribution < -0.4 is 19.0 Å². The van der Waals surface area contributed by atoms with Gasteiger partial charge in [0.05, 0.1) is 6.54 Å². The highest BCUT2D eigenvalue weighted by atomic mass is 35.5. The molecule has 1 N–H and O–H groups in total. The number of fused-ring (bicyclic) bond motifs is 1. The maximum absolute atomic E-state index is 14.5. The van der Waals surface area contributed by atoms with Gasteiger partial charge in [-0.1, -0.05) is 65.2 Å². The van der Waals surface area contributed by atoms with Crippen molar-refractivity contribution in [1.29, 1.82) is 0 Å². The zero-order valence-electron chi connectivity index (χ0n) is 20.5. The minimum Gasteiger partial charge on any atom is -0.400 e. The minimum atomic E-state index is -3.80. The highest BCUT2D eigenvalue weighted by Gasteiger charge is 2.42. The minimum absolute atomic E-state index is 0.416. The van der Waals surface area contributed by atoms with Crippen LogP contribution in [0.15, 0.2) is 84.9 Å². The van der Waals surface area contributed by atoms with E-state index in [4.69, 9.17) is 20.6 Å². The average molecular weight is 519 g/mol. The summed E-state index contributed by atoms with van der Waals surface area (Å²) < 4.78 is 28.7. The summed E-state index contributed by atoms with van der Waals surface area (Å²) in [5.74, 6) is 1.09. The molecule has 4 aromatic carbocycles. The van der Waals surface area contributed by atoms with Crippen molar-refractivity contribution >= 4 is 30.7 Å². The number of hydrogen-bond donors (Lipinski definition) is 1. The van der Waals surface area contributed by atoms with E-state index in [1.807, 2.05) is 99.6 Å². The van der Waals surface area contributed by atoms with Gasteiger partial charge < -0.3 is 14.4 Å². The molecule has 7 heteroatoms. The summed E-state index contributed by atoms with van der Waals surface area (Å²) in [4.78, 5) is 0. The van der Waals surface area contributed by atoms with Crippen LogP contribution in [0.4, 0.5) is 11.4 Å². The lowest BCUT2D eigenvalue weighted by Crippen LogP contribution is -2.29. The SMILES string of the molecule is Cc1cccc(N2Cc3cc(C)ccc3OP2(=O)Oc2ccc(C)cc2CNc2cccc(Cl)c2)c1. The molecule has 0 amide bonds. The number of benzene rings is 4. The van der Waals surface area contributed by atoms with Gasteiger partial charge in [0.1, 0.15) is 11.5 Å². The Bertz CT molecular complexity index is 1470. The summed E-state index contributed by atoms with van der Waals surface area (Å²) in [5.41, 5.74) is 6.77. The molecule has 36 heavy (non-hydrogen) atoms. The monoisotopic (exact) mass is 518 g/mol. The van der Waals surface area contributed by atoms with E-state index in [1.54, 1.807) is 4.67 Å². The van der Waals surface area contributed by atoms with E-state index >= 15 is 0 Å². The fraction of sp³-hybridized carbons (Fsp3) is 0.172. The second kappa shape index (κ2) is 9.93. The van der Waals surface area contributed by atoms with E-state index in [-0.39, 0.29) is 0 Å². The smallest absolute Gasteiger partial charge is 0.400 e. The van der Waals surface area contributed by atoms with Crippen LogP contribution in [0.3, 0.4) is 0 Å². The number of rotatable bonds is 6. The Morgan fingerprint density at radius 2 is 1.67 bits per heavy atom. The van der Waals surface area contributed by atoms with Crippen LogP contribution in [-0.4, -0.2) is 0 Å². The lowest BCUT2D eigenvalue weighted by atomic mass is 10.1. The zero-order valence-corrected chi connectivity index (χ0v) is 22.1. The summed E-state index contributed by atoms with van der Waals surface area (Å²) >= 11 is 6.14. The summed E-state index contributed by atoms with van der Waals surface area (Å²) in [7, 11) is -3.80. The third-order valence-electron chi connectivity index (χ3n) is 6.08. The summed E-state index contributed by atoms with van der Waals surface area (Å²) in [5, 5.41) is 4.04. The molecule has 1 heterocycles. The molecular weight excluding hydrogens is 491 g/mol. The van der Waals surface area contributed by atoms with Crippen molar-refractivity contribution in [2.24, 2.45) is 0 Å². The molecule has 5 nitrogen and oxygen atoms in total. The maximum Gasteiger partial charge on any atom is 0.544 e. The van der Waals surface area contributed by atoms with Crippen molar-refractivity contribution in [3.63, 3.8) is 0 Å². The Hall–Kier alpha value is -3.40. The Morgan fingerprint density at radius 1 is 0.917 bits per heavy atom. The summed E-state index contributed by atoms with van der Waals surface area (Å²) in [6.45, 7) is 6.95. The van der Waals surface area contributed by atoms with Gasteiger partial charge in [-0.2, -0.15) is 0 Å². The molecule has 0 fully saturated rings. The van der Waals surface area contributed by atoms with E-state index in [1.165, 1.54) is 0 Å². The number of hydrogen-bond acceptors (Lipinski definition) is 4. The van der Waals surface area contributed by atoms with Crippen molar-refractivity contribution in [3.05, 3.63) is 118 Å². The van der Waals surface area contributed by atoms with E-state index < -0.39 is 7.75 Å². The predicted octanol–water partition coefficient (Wildman–Crippen LogP) is 8.46. The first-order chi connectivity index (χ1) is 17.3. The van der Waals surface area contributed by atoms with Crippen molar-refractivity contribution in [3.8, 4) is 11.5 Å². The first-order valence-electron chi connectivity index (χ1n) is 11.8. The Morgan fingerprint density at radius 3 is 2.47 bits per heavy atom. The molecule has 0 radical (unpaired) electrons. The molecule has 0 aliphatic carbocycles. The Labute approximate surface area is 217 Å². The highest BCUT2D eigenvalue weighted by Crippen LogP contribution is 2.58. The molecule has 0 spiro atoms. The molecule has 0 saturated carbocycles. The van der Waals surface area contributed by atoms with Crippen LogP contribution in [0, 0.1) is 20.8 Å². The van der Waals surface area contributed by atoms with Gasteiger partial charge in [0, 0.05) is 34.1 Å². The van der Waals surface area contributed by atoms with Crippen LogP contribution in [0.25, 0.3) is 0 Å². The third-order valence-corrected chi connectivity index (χ3v) is 8.14. The Balaban J connectivity index is 1.51. The maximum atomic E-state index is 14.5. The second-order valence-corrected chi connectivity index (χ2v) is 11.4. The van der Waals surface area contributed by atoms with E-state index in [0.717, 1.165) is 39.2 Å². The van der Waals surface area contributed by atoms with Gasteiger partial charge in [0.2, 0.25) is 0 Å². The predicted molar refractivity (Wildman–Crippen MR) is 147 cm³/mol. The largest absolute Gasteiger partial charge is 0.544 e. The normalized spacial score (nSPS) is 16.7. The van der Waals surface area contributed by atoms with Gasteiger partial charge in [0.25, 0.3) is 0 Å². The van der Waals surface area contributed by atoms with Gasteiger partial charge in [-0.3, -0.25) is 4.67 Å². The van der Waals surface area contributed by atoms with Crippen LogP contribution in [0.1, 0.15) is 27.8 Å². The van der Waals surface area contributed by atoms with Crippen LogP contribution in [-0.2, 0) is 17.7 Å². The van der Waals surface area contributed by atoms with Gasteiger partial charge in [-0.15, -0.1) is 0 Å². The van der Waals surface area contributed by atoms with Crippen molar-refractivity contribution in [2.45, 2.75) is 33.9 Å². The molecule has 0 aromatic heterocycles. The fourth-order valence-electron chi connectivity index (χ4n) is 4.29. The van der Waals surface area contributed by atoms with Crippen molar-refractivity contribution < 1.29 is 13.6 Å². The first kappa shape index (κ1) is 24.3. The lowest BCUT2D eigenvalue weighted by Gasteiger charge is -2.36. The lowest BCUT2D eigenvalue weighted by molar-refractivity contribution is 0.369.